The van der Waals surface area contributed by atoms with E-state index in [2.05, 4.69) is 35.6 Å². The van der Waals surface area contributed by atoms with E-state index in [1.807, 2.05) is 36.5 Å². The van der Waals surface area contributed by atoms with E-state index in [0.717, 1.165) is 28.1 Å². The van der Waals surface area contributed by atoms with Gasteiger partial charge in [0.25, 0.3) is 0 Å². The van der Waals surface area contributed by atoms with Crippen LogP contribution >= 0.6 is 0 Å². The summed E-state index contributed by atoms with van der Waals surface area (Å²) in [6, 6.07) is 10.2. The Labute approximate surface area is 156 Å². The van der Waals surface area contributed by atoms with Crippen LogP contribution < -0.4 is 16.0 Å². The molecule has 0 unspecified atom stereocenters. The summed E-state index contributed by atoms with van der Waals surface area (Å²) in [5.74, 6) is 1.39. The maximum atomic E-state index is 11.1. The third-order valence-electron chi connectivity index (χ3n) is 4.69. The first-order chi connectivity index (χ1) is 13.2. The number of rotatable bonds is 6. The van der Waals surface area contributed by atoms with Crippen molar-refractivity contribution in [2.24, 2.45) is 0 Å². The second kappa shape index (κ2) is 7.53. The van der Waals surface area contributed by atoms with Crippen molar-refractivity contribution in [2.75, 3.05) is 17.7 Å². The molecule has 27 heavy (non-hydrogen) atoms. The summed E-state index contributed by atoms with van der Waals surface area (Å²) < 4.78 is 4.57. The molecule has 0 bridgehead atoms. The molecular weight excluding hydrogens is 344 g/mol. The van der Waals surface area contributed by atoms with Crippen molar-refractivity contribution in [2.45, 2.75) is 31.8 Å². The summed E-state index contributed by atoms with van der Waals surface area (Å²) in [7, 11) is 1.34. The van der Waals surface area contributed by atoms with Gasteiger partial charge in [-0.15, -0.1) is 0 Å². The first-order valence-electron chi connectivity index (χ1n) is 9.01. The van der Waals surface area contributed by atoms with E-state index in [0.29, 0.717) is 18.5 Å². The normalized spacial score (nSPS) is 13.8. The third kappa shape index (κ3) is 3.94. The molecule has 4 N–H and O–H groups in total. The van der Waals surface area contributed by atoms with Crippen LogP contribution in [0.2, 0.25) is 0 Å². The van der Waals surface area contributed by atoms with E-state index in [9.17, 15) is 4.79 Å². The van der Waals surface area contributed by atoms with Crippen LogP contribution in [0.25, 0.3) is 11.0 Å². The zero-order chi connectivity index (χ0) is 18.6. The second-order valence-corrected chi connectivity index (χ2v) is 6.57. The molecule has 0 radical (unpaired) electrons. The molecule has 0 aliphatic heterocycles. The topological polar surface area (TPSA) is 104 Å². The van der Waals surface area contributed by atoms with E-state index < -0.39 is 6.09 Å². The molecule has 2 heterocycles. The number of nitrogens with one attached hydrogen (secondary N) is 4. The van der Waals surface area contributed by atoms with Crippen molar-refractivity contribution in [3.8, 4) is 0 Å². The molecule has 4 rings (SSSR count). The van der Waals surface area contributed by atoms with E-state index >= 15 is 0 Å². The minimum absolute atomic E-state index is 0.410. The Morgan fingerprint density at radius 3 is 2.74 bits per heavy atom. The number of fused-ring (bicyclic) bond motifs is 1. The fraction of sp³-hybridized carbons (Fsp3) is 0.316. The lowest BCUT2D eigenvalue weighted by molar-refractivity contribution is 0.170. The number of amides is 1. The number of hydrogen-bond donors (Lipinski definition) is 4. The Balaban J connectivity index is 1.48. The lowest BCUT2D eigenvalue weighted by Crippen LogP contribution is -2.27. The van der Waals surface area contributed by atoms with Crippen molar-refractivity contribution in [3.63, 3.8) is 0 Å². The summed E-state index contributed by atoms with van der Waals surface area (Å²) >= 11 is 0. The number of H-pyrrole nitrogens is 1. The van der Waals surface area contributed by atoms with Crippen LogP contribution in [0.5, 0.6) is 0 Å². The first kappa shape index (κ1) is 17.1. The SMILES string of the molecule is COC(=O)NCc1ccc(Nc2nc(NC3CCC3)c3cc[nH]c3n2)cc1. The maximum absolute atomic E-state index is 11.1. The van der Waals surface area contributed by atoms with Gasteiger partial charge in [-0.3, -0.25) is 0 Å². The number of carbonyl (C=O) groups excluding carboxylic acids is 1. The number of benzene rings is 1. The van der Waals surface area contributed by atoms with Gasteiger partial charge in [-0.1, -0.05) is 12.1 Å². The minimum atomic E-state index is -0.448. The minimum Gasteiger partial charge on any atom is -0.453 e. The van der Waals surface area contributed by atoms with Crippen LogP contribution in [0.4, 0.5) is 22.2 Å². The Hall–Kier alpha value is -3.29. The summed E-state index contributed by atoms with van der Waals surface area (Å²) in [5, 5.41) is 10.4. The monoisotopic (exact) mass is 366 g/mol. The largest absolute Gasteiger partial charge is 0.453 e. The Morgan fingerprint density at radius 1 is 1.22 bits per heavy atom. The van der Waals surface area contributed by atoms with Gasteiger partial charge in [-0.05, 0) is 43.0 Å². The smallest absolute Gasteiger partial charge is 0.407 e. The Morgan fingerprint density at radius 2 is 2.04 bits per heavy atom. The standard InChI is InChI=1S/C19H22N6O2/c1-27-19(26)21-11-12-5-7-14(8-6-12)23-18-24-16-15(9-10-20-16)17(25-18)22-13-3-2-4-13/h5-10,13H,2-4,11H2,1H3,(H,21,26)(H3,20,22,23,24,25). The Kier molecular flexibility index (Phi) is 4.78. The maximum Gasteiger partial charge on any atom is 0.407 e. The molecule has 8 heteroatoms. The zero-order valence-corrected chi connectivity index (χ0v) is 15.1. The number of nitrogens with zero attached hydrogens (tertiary/aromatic N) is 2. The lowest BCUT2D eigenvalue weighted by Gasteiger charge is -2.27. The highest BCUT2D eigenvalue weighted by atomic mass is 16.5. The van der Waals surface area contributed by atoms with Gasteiger partial charge in [-0.25, -0.2) is 4.79 Å². The quantitative estimate of drug-likeness (QED) is 0.532. The molecule has 1 saturated carbocycles. The van der Waals surface area contributed by atoms with Crippen LogP contribution in [-0.4, -0.2) is 34.2 Å². The molecule has 8 nitrogen and oxygen atoms in total. The summed E-state index contributed by atoms with van der Waals surface area (Å²) in [4.78, 5) is 23.5. The van der Waals surface area contributed by atoms with Crippen LogP contribution in [0.15, 0.2) is 36.5 Å². The predicted octanol–water partition coefficient (Wildman–Crippen LogP) is 3.52. The van der Waals surface area contributed by atoms with Gasteiger partial charge in [-0.2, -0.15) is 9.97 Å². The highest BCUT2D eigenvalue weighted by Crippen LogP contribution is 2.28. The second-order valence-electron chi connectivity index (χ2n) is 6.57. The average molecular weight is 366 g/mol. The van der Waals surface area contributed by atoms with Gasteiger partial charge in [0.15, 0.2) is 0 Å². The van der Waals surface area contributed by atoms with Crippen LogP contribution in [0, 0.1) is 0 Å². The molecule has 0 atom stereocenters. The third-order valence-corrected chi connectivity index (χ3v) is 4.69. The zero-order valence-electron chi connectivity index (χ0n) is 15.1. The van der Waals surface area contributed by atoms with Crippen LogP contribution in [-0.2, 0) is 11.3 Å². The van der Waals surface area contributed by atoms with Crippen LogP contribution in [0.1, 0.15) is 24.8 Å². The summed E-state index contributed by atoms with van der Waals surface area (Å²) in [6.45, 7) is 0.410. The van der Waals surface area contributed by atoms with E-state index in [1.165, 1.54) is 26.4 Å². The predicted molar refractivity (Wildman–Crippen MR) is 104 cm³/mol. The lowest BCUT2D eigenvalue weighted by atomic mass is 9.93. The van der Waals surface area contributed by atoms with Crippen molar-refractivity contribution >= 4 is 34.6 Å². The molecule has 1 aromatic carbocycles. The highest BCUT2D eigenvalue weighted by Gasteiger charge is 2.19. The summed E-state index contributed by atoms with van der Waals surface area (Å²) in [5.41, 5.74) is 2.64. The molecule has 2 aromatic heterocycles. The molecule has 1 amide bonds. The molecule has 1 aliphatic carbocycles. The van der Waals surface area contributed by atoms with E-state index in [4.69, 9.17) is 0 Å². The number of aromatic nitrogens is 3. The molecule has 0 spiro atoms. The van der Waals surface area contributed by atoms with Gasteiger partial charge in [0.05, 0.1) is 12.5 Å². The van der Waals surface area contributed by atoms with Crippen molar-refractivity contribution in [1.29, 1.82) is 0 Å². The first-order valence-corrected chi connectivity index (χ1v) is 9.01. The van der Waals surface area contributed by atoms with Gasteiger partial charge in [0.1, 0.15) is 11.5 Å². The molecule has 140 valence electrons. The number of carbonyl (C=O) groups is 1. The van der Waals surface area contributed by atoms with Crippen molar-refractivity contribution in [3.05, 3.63) is 42.1 Å². The number of methoxy groups -OCH3 is 1. The van der Waals surface area contributed by atoms with Gasteiger partial charge >= 0.3 is 6.09 Å². The average Bonchev–Trinajstić information content (AvgIpc) is 3.12. The fourth-order valence-electron chi connectivity index (χ4n) is 2.93. The number of ether oxygens (including phenoxy) is 1. The molecule has 0 saturated heterocycles. The molecule has 1 aliphatic rings. The number of aromatic amines is 1. The number of hydrogen-bond acceptors (Lipinski definition) is 6. The highest BCUT2D eigenvalue weighted by molar-refractivity contribution is 5.88. The van der Waals surface area contributed by atoms with Gasteiger partial charge in [0, 0.05) is 24.5 Å². The molecule has 3 aromatic rings. The Bertz CT molecular complexity index is 933. The fourth-order valence-corrected chi connectivity index (χ4v) is 2.93. The van der Waals surface area contributed by atoms with Gasteiger partial charge < -0.3 is 25.7 Å². The molecular formula is C19H22N6O2. The van der Waals surface area contributed by atoms with Crippen LogP contribution in [0.3, 0.4) is 0 Å². The van der Waals surface area contributed by atoms with Gasteiger partial charge in [0.2, 0.25) is 5.95 Å². The molecule has 1 fully saturated rings. The van der Waals surface area contributed by atoms with E-state index in [1.54, 1.807) is 0 Å². The number of anilines is 3. The number of alkyl carbamates (subject to hydrolysis) is 1. The summed E-state index contributed by atoms with van der Waals surface area (Å²) in [6.07, 6.45) is 5.05. The van der Waals surface area contributed by atoms with Crippen molar-refractivity contribution in [1.82, 2.24) is 20.3 Å². The van der Waals surface area contributed by atoms with E-state index in [-0.39, 0.29) is 0 Å². The van der Waals surface area contributed by atoms with Crippen molar-refractivity contribution < 1.29 is 9.53 Å².